The summed E-state index contributed by atoms with van der Waals surface area (Å²) in [7, 11) is 0. The molecule has 0 aromatic heterocycles. The molecule has 126 valence electrons. The highest BCUT2D eigenvalue weighted by atomic mass is 16.7. The SMILES string of the molecule is CCCCOC(=O)c1ccc(CC(=O)OC2CCCCO2)cc1. The van der Waals surface area contributed by atoms with Crippen molar-refractivity contribution in [3.63, 3.8) is 0 Å². The molecule has 0 radical (unpaired) electrons. The number of hydrogen-bond donors (Lipinski definition) is 0. The van der Waals surface area contributed by atoms with Gasteiger partial charge in [-0.1, -0.05) is 25.5 Å². The normalized spacial score (nSPS) is 17.5. The fraction of sp³-hybridized carbons (Fsp3) is 0.556. The van der Waals surface area contributed by atoms with Gasteiger partial charge in [0.05, 0.1) is 25.2 Å². The minimum atomic E-state index is -0.413. The van der Waals surface area contributed by atoms with Gasteiger partial charge in [-0.3, -0.25) is 4.79 Å². The van der Waals surface area contributed by atoms with E-state index in [4.69, 9.17) is 14.2 Å². The van der Waals surface area contributed by atoms with Gasteiger partial charge in [-0.05, 0) is 37.0 Å². The molecule has 1 atom stereocenters. The fourth-order valence-corrected chi connectivity index (χ4v) is 2.31. The van der Waals surface area contributed by atoms with E-state index in [-0.39, 0.29) is 18.4 Å². The smallest absolute Gasteiger partial charge is 0.338 e. The lowest BCUT2D eigenvalue weighted by molar-refractivity contribution is -0.185. The van der Waals surface area contributed by atoms with Gasteiger partial charge >= 0.3 is 11.9 Å². The predicted molar refractivity (Wildman–Crippen MR) is 85.0 cm³/mol. The van der Waals surface area contributed by atoms with Crippen LogP contribution in [0.1, 0.15) is 54.9 Å². The average Bonchev–Trinajstić information content (AvgIpc) is 2.56. The monoisotopic (exact) mass is 320 g/mol. The Morgan fingerprint density at radius 3 is 2.65 bits per heavy atom. The number of unbranched alkanes of at least 4 members (excludes halogenated alkanes) is 1. The molecule has 5 nitrogen and oxygen atoms in total. The molecule has 1 unspecified atom stereocenters. The van der Waals surface area contributed by atoms with Crippen molar-refractivity contribution in [2.24, 2.45) is 0 Å². The summed E-state index contributed by atoms with van der Waals surface area (Å²) in [5.74, 6) is -0.640. The Kier molecular flexibility index (Phi) is 7.07. The molecule has 0 N–H and O–H groups in total. The summed E-state index contributed by atoms with van der Waals surface area (Å²) in [6.45, 7) is 3.12. The lowest BCUT2D eigenvalue weighted by Gasteiger charge is -2.22. The molecule has 1 heterocycles. The summed E-state index contributed by atoms with van der Waals surface area (Å²) in [5, 5.41) is 0. The Balaban J connectivity index is 1.79. The lowest BCUT2D eigenvalue weighted by atomic mass is 10.1. The molecule has 0 amide bonds. The topological polar surface area (TPSA) is 61.8 Å². The lowest BCUT2D eigenvalue weighted by Crippen LogP contribution is -2.26. The molecule has 1 fully saturated rings. The van der Waals surface area contributed by atoms with Crippen LogP contribution in [-0.2, 0) is 25.4 Å². The first-order valence-corrected chi connectivity index (χ1v) is 8.26. The van der Waals surface area contributed by atoms with Gasteiger partial charge in [-0.15, -0.1) is 0 Å². The van der Waals surface area contributed by atoms with Gasteiger partial charge in [0.15, 0.2) is 0 Å². The molecule has 1 aliphatic heterocycles. The van der Waals surface area contributed by atoms with Crippen molar-refractivity contribution in [2.45, 2.75) is 51.7 Å². The molecule has 23 heavy (non-hydrogen) atoms. The van der Waals surface area contributed by atoms with Gasteiger partial charge < -0.3 is 14.2 Å². The van der Waals surface area contributed by atoms with Crippen molar-refractivity contribution in [3.05, 3.63) is 35.4 Å². The first kappa shape index (κ1) is 17.5. The maximum absolute atomic E-state index is 11.9. The fourth-order valence-electron chi connectivity index (χ4n) is 2.31. The number of benzene rings is 1. The molecule has 1 saturated heterocycles. The van der Waals surface area contributed by atoms with E-state index < -0.39 is 6.29 Å². The van der Waals surface area contributed by atoms with Gasteiger partial charge in [0, 0.05) is 6.42 Å². The van der Waals surface area contributed by atoms with Crippen molar-refractivity contribution in [2.75, 3.05) is 13.2 Å². The van der Waals surface area contributed by atoms with E-state index in [1.165, 1.54) is 0 Å². The van der Waals surface area contributed by atoms with Gasteiger partial charge in [-0.25, -0.2) is 4.79 Å². The maximum atomic E-state index is 11.9. The zero-order valence-corrected chi connectivity index (χ0v) is 13.6. The molecule has 2 rings (SSSR count). The summed E-state index contributed by atoms with van der Waals surface area (Å²) >= 11 is 0. The van der Waals surface area contributed by atoms with Gasteiger partial charge in [0.25, 0.3) is 0 Å². The maximum Gasteiger partial charge on any atom is 0.338 e. The third kappa shape index (κ3) is 6.02. The summed E-state index contributed by atoms with van der Waals surface area (Å²) in [6.07, 6.45) is 4.40. The second kappa shape index (κ2) is 9.30. The van der Waals surface area contributed by atoms with Crippen LogP contribution in [0, 0.1) is 0 Å². The van der Waals surface area contributed by atoms with E-state index >= 15 is 0 Å². The third-order valence-electron chi connectivity index (χ3n) is 3.67. The highest BCUT2D eigenvalue weighted by molar-refractivity contribution is 5.89. The van der Waals surface area contributed by atoms with E-state index in [2.05, 4.69) is 0 Å². The molecular formula is C18H24O5. The van der Waals surface area contributed by atoms with Crippen LogP contribution < -0.4 is 0 Å². The third-order valence-corrected chi connectivity index (χ3v) is 3.67. The zero-order chi connectivity index (χ0) is 16.5. The number of carbonyl (C=O) groups is 2. The summed E-state index contributed by atoms with van der Waals surface area (Å²) in [4.78, 5) is 23.7. The highest BCUT2D eigenvalue weighted by Crippen LogP contribution is 2.15. The van der Waals surface area contributed by atoms with Crippen molar-refractivity contribution >= 4 is 11.9 Å². The number of rotatable bonds is 7. The van der Waals surface area contributed by atoms with Crippen molar-refractivity contribution in [1.29, 1.82) is 0 Å². The van der Waals surface area contributed by atoms with Crippen molar-refractivity contribution in [1.82, 2.24) is 0 Å². The second-order valence-corrected chi connectivity index (χ2v) is 5.65. The van der Waals surface area contributed by atoms with E-state index in [9.17, 15) is 9.59 Å². The van der Waals surface area contributed by atoms with Crippen LogP contribution in [0.3, 0.4) is 0 Å². The number of esters is 2. The molecular weight excluding hydrogens is 296 g/mol. The minimum absolute atomic E-state index is 0.172. The molecule has 0 spiro atoms. The van der Waals surface area contributed by atoms with Crippen molar-refractivity contribution in [3.8, 4) is 0 Å². The average molecular weight is 320 g/mol. The standard InChI is InChI=1S/C18H24O5/c1-2-3-11-22-18(20)15-9-7-14(8-10-15)13-16(19)23-17-6-4-5-12-21-17/h7-10,17H,2-6,11-13H2,1H3. The van der Waals surface area contributed by atoms with Crippen LogP contribution in [0.25, 0.3) is 0 Å². The van der Waals surface area contributed by atoms with Crippen LogP contribution in [0.5, 0.6) is 0 Å². The Morgan fingerprint density at radius 1 is 1.22 bits per heavy atom. The molecule has 1 aliphatic rings. The first-order chi connectivity index (χ1) is 11.2. The molecule has 1 aromatic rings. The Bertz CT molecular complexity index is 503. The number of ether oxygens (including phenoxy) is 3. The molecule has 0 bridgehead atoms. The summed E-state index contributed by atoms with van der Waals surface area (Å²) < 4.78 is 15.8. The minimum Gasteiger partial charge on any atom is -0.462 e. The molecule has 0 saturated carbocycles. The molecule has 1 aromatic carbocycles. The van der Waals surface area contributed by atoms with Crippen molar-refractivity contribution < 1.29 is 23.8 Å². The Hall–Kier alpha value is -1.88. The first-order valence-electron chi connectivity index (χ1n) is 8.26. The Morgan fingerprint density at radius 2 is 2.00 bits per heavy atom. The summed E-state index contributed by atoms with van der Waals surface area (Å²) in [5.41, 5.74) is 1.30. The molecule has 0 aliphatic carbocycles. The van der Waals surface area contributed by atoms with Gasteiger partial charge in [-0.2, -0.15) is 0 Å². The second-order valence-electron chi connectivity index (χ2n) is 5.65. The van der Waals surface area contributed by atoms with E-state index in [1.54, 1.807) is 24.3 Å². The van der Waals surface area contributed by atoms with Crippen LogP contribution in [0.2, 0.25) is 0 Å². The largest absolute Gasteiger partial charge is 0.462 e. The number of hydrogen-bond acceptors (Lipinski definition) is 5. The van der Waals surface area contributed by atoms with Gasteiger partial charge in [0.1, 0.15) is 0 Å². The van der Waals surface area contributed by atoms with Crippen LogP contribution in [-0.4, -0.2) is 31.4 Å². The van der Waals surface area contributed by atoms with Crippen LogP contribution in [0.15, 0.2) is 24.3 Å². The van der Waals surface area contributed by atoms with E-state index in [0.717, 1.165) is 37.7 Å². The quantitative estimate of drug-likeness (QED) is 0.570. The zero-order valence-electron chi connectivity index (χ0n) is 13.6. The Labute approximate surface area is 136 Å². The van der Waals surface area contributed by atoms with E-state index in [0.29, 0.717) is 18.8 Å². The summed E-state index contributed by atoms with van der Waals surface area (Å²) in [6, 6.07) is 6.85. The number of carbonyl (C=O) groups excluding carboxylic acids is 2. The van der Waals surface area contributed by atoms with Crippen LogP contribution >= 0.6 is 0 Å². The van der Waals surface area contributed by atoms with Crippen LogP contribution in [0.4, 0.5) is 0 Å². The highest BCUT2D eigenvalue weighted by Gasteiger charge is 2.18. The van der Waals surface area contributed by atoms with E-state index in [1.807, 2.05) is 6.92 Å². The van der Waals surface area contributed by atoms with Gasteiger partial charge in [0.2, 0.25) is 6.29 Å². The molecule has 5 heteroatoms. The predicted octanol–water partition coefficient (Wildman–Crippen LogP) is 3.26.